The van der Waals surface area contributed by atoms with Gasteiger partial charge in [0.15, 0.2) is 11.6 Å². The molecule has 3 heterocycles. The van der Waals surface area contributed by atoms with Gasteiger partial charge in [0, 0.05) is 30.2 Å². The zero-order valence-electron chi connectivity index (χ0n) is 13.8. The Kier molecular flexibility index (Phi) is 4.39. The Balaban J connectivity index is 1.48. The fourth-order valence-electron chi connectivity index (χ4n) is 3.13. The van der Waals surface area contributed by atoms with E-state index in [-0.39, 0.29) is 0 Å². The Morgan fingerprint density at radius 1 is 1.20 bits per heavy atom. The third kappa shape index (κ3) is 3.51. The summed E-state index contributed by atoms with van der Waals surface area (Å²) in [5, 5.41) is 6.79. The predicted molar refractivity (Wildman–Crippen MR) is 92.9 cm³/mol. The van der Waals surface area contributed by atoms with Crippen LogP contribution in [0.15, 0.2) is 36.8 Å². The average Bonchev–Trinajstić information content (AvgIpc) is 3.29. The highest BCUT2D eigenvalue weighted by molar-refractivity contribution is 5.74. The fraction of sp³-hybridized carbons (Fsp3) is 0.333. The van der Waals surface area contributed by atoms with E-state index in [0.29, 0.717) is 30.8 Å². The number of rotatable bonds is 6. The van der Waals surface area contributed by atoms with E-state index in [0.717, 1.165) is 29.5 Å². The molecule has 0 saturated heterocycles. The van der Waals surface area contributed by atoms with Gasteiger partial charge >= 0.3 is 0 Å². The van der Waals surface area contributed by atoms with Crippen LogP contribution in [0.3, 0.4) is 0 Å². The zero-order valence-corrected chi connectivity index (χ0v) is 13.8. The van der Waals surface area contributed by atoms with Crippen molar-refractivity contribution in [1.29, 1.82) is 0 Å². The molecule has 4 rings (SSSR count). The number of aromatic nitrogens is 4. The van der Waals surface area contributed by atoms with Gasteiger partial charge in [-0.25, -0.2) is 14.5 Å². The van der Waals surface area contributed by atoms with Gasteiger partial charge < -0.3 is 10.1 Å². The Morgan fingerprint density at radius 3 is 2.76 bits per heavy atom. The van der Waals surface area contributed by atoms with Crippen molar-refractivity contribution in [2.75, 3.05) is 5.32 Å². The molecule has 0 spiro atoms. The van der Waals surface area contributed by atoms with Crippen LogP contribution >= 0.6 is 0 Å². The summed E-state index contributed by atoms with van der Waals surface area (Å²) in [5.41, 5.74) is 2.81. The minimum Gasteiger partial charge on any atom is -0.370 e. The van der Waals surface area contributed by atoms with E-state index in [9.17, 15) is 4.79 Å². The first-order valence-corrected chi connectivity index (χ1v) is 8.44. The Labute approximate surface area is 145 Å². The van der Waals surface area contributed by atoms with Gasteiger partial charge in [-0.3, -0.25) is 4.79 Å². The normalized spacial score (nSPS) is 14.9. The summed E-state index contributed by atoms with van der Waals surface area (Å²) in [4.78, 5) is 19.3. The quantitative estimate of drug-likeness (QED) is 0.700. The molecular weight excluding hydrogens is 318 g/mol. The number of nitrogens with one attached hydrogen (secondary N) is 1. The van der Waals surface area contributed by atoms with Crippen LogP contribution in [0.2, 0.25) is 0 Å². The summed E-state index contributed by atoms with van der Waals surface area (Å²) in [6.07, 6.45) is 11.2. The lowest BCUT2D eigenvalue weighted by Crippen LogP contribution is -2.09. The lowest BCUT2D eigenvalue weighted by molar-refractivity contribution is -0.105. The fourth-order valence-corrected chi connectivity index (χ4v) is 3.13. The summed E-state index contributed by atoms with van der Waals surface area (Å²) < 4.78 is 7.55. The van der Waals surface area contributed by atoms with Gasteiger partial charge in [-0.15, -0.1) is 0 Å². The number of hydrogen-bond acceptors (Lipinski definition) is 5. The van der Waals surface area contributed by atoms with Crippen LogP contribution in [0.1, 0.15) is 31.5 Å². The van der Waals surface area contributed by atoms with Crippen molar-refractivity contribution in [2.45, 2.75) is 38.4 Å². The lowest BCUT2D eigenvalue weighted by Gasteiger charge is -2.10. The first kappa shape index (κ1) is 15.7. The molecule has 3 aromatic heterocycles. The summed E-state index contributed by atoms with van der Waals surface area (Å²) in [5.74, 6) is 1.22. The second-order valence-corrected chi connectivity index (χ2v) is 6.18. The zero-order chi connectivity index (χ0) is 17.1. The van der Waals surface area contributed by atoms with Crippen molar-refractivity contribution < 1.29 is 9.53 Å². The molecule has 1 amide bonds. The van der Waals surface area contributed by atoms with Crippen LogP contribution in [-0.2, 0) is 16.1 Å². The van der Waals surface area contributed by atoms with Gasteiger partial charge in [0.1, 0.15) is 6.61 Å². The number of fused-ring (bicyclic) bond motifs is 1. The van der Waals surface area contributed by atoms with Crippen LogP contribution < -0.4 is 5.32 Å². The van der Waals surface area contributed by atoms with Crippen molar-refractivity contribution in [3.05, 3.63) is 42.6 Å². The molecule has 0 radical (unpaired) electrons. The maximum Gasteiger partial charge on any atom is 0.212 e. The van der Waals surface area contributed by atoms with Crippen LogP contribution in [-0.4, -0.2) is 32.1 Å². The van der Waals surface area contributed by atoms with Crippen molar-refractivity contribution in [3.63, 3.8) is 0 Å². The molecule has 1 aliphatic rings. The highest BCUT2D eigenvalue weighted by atomic mass is 16.5. The Bertz CT molecular complexity index is 869. The molecule has 1 aliphatic carbocycles. The molecule has 7 nitrogen and oxygen atoms in total. The number of carbonyl (C=O) groups is 1. The van der Waals surface area contributed by atoms with Crippen molar-refractivity contribution >= 4 is 17.7 Å². The number of hydrogen-bond donors (Lipinski definition) is 1. The maximum atomic E-state index is 10.5. The summed E-state index contributed by atoms with van der Waals surface area (Å²) in [6, 6.07) is 5.73. The minimum absolute atomic E-state index is 0.363. The molecule has 7 heteroatoms. The summed E-state index contributed by atoms with van der Waals surface area (Å²) >= 11 is 0. The van der Waals surface area contributed by atoms with Crippen molar-refractivity contribution in [1.82, 2.24) is 19.6 Å². The third-order valence-corrected chi connectivity index (χ3v) is 4.46. The van der Waals surface area contributed by atoms with Gasteiger partial charge in [-0.1, -0.05) is 12.8 Å². The van der Waals surface area contributed by atoms with Crippen LogP contribution in [0.5, 0.6) is 0 Å². The minimum atomic E-state index is 0.363. The number of amides is 1. The van der Waals surface area contributed by atoms with Gasteiger partial charge in [0.2, 0.25) is 6.41 Å². The first-order valence-electron chi connectivity index (χ1n) is 8.44. The maximum absolute atomic E-state index is 10.5. The largest absolute Gasteiger partial charge is 0.370 e. The van der Waals surface area contributed by atoms with Crippen LogP contribution in [0, 0.1) is 0 Å². The molecule has 1 saturated carbocycles. The van der Waals surface area contributed by atoms with E-state index >= 15 is 0 Å². The summed E-state index contributed by atoms with van der Waals surface area (Å²) in [6.45, 7) is 0.466. The molecule has 0 atom stereocenters. The van der Waals surface area contributed by atoms with Gasteiger partial charge in [0.25, 0.3) is 0 Å². The number of anilines is 1. The highest BCUT2D eigenvalue weighted by Gasteiger charge is 2.15. The topological polar surface area (TPSA) is 81.4 Å². The first-order chi connectivity index (χ1) is 12.3. The van der Waals surface area contributed by atoms with E-state index < -0.39 is 0 Å². The second kappa shape index (κ2) is 6.98. The van der Waals surface area contributed by atoms with Gasteiger partial charge in [-0.2, -0.15) is 5.10 Å². The molecular formula is C18H19N5O2. The number of carbonyl (C=O) groups excluding carboxylic acids is 1. The molecule has 1 N–H and O–H groups in total. The lowest BCUT2D eigenvalue weighted by atomic mass is 10.1. The summed E-state index contributed by atoms with van der Waals surface area (Å²) in [7, 11) is 0. The van der Waals surface area contributed by atoms with Crippen molar-refractivity contribution in [2.24, 2.45) is 0 Å². The Hall–Kier alpha value is -2.80. The van der Waals surface area contributed by atoms with Crippen LogP contribution in [0.25, 0.3) is 16.6 Å². The molecule has 128 valence electrons. The van der Waals surface area contributed by atoms with Crippen LogP contribution in [0.4, 0.5) is 5.82 Å². The molecule has 3 aromatic rings. The van der Waals surface area contributed by atoms with E-state index in [4.69, 9.17) is 4.74 Å². The van der Waals surface area contributed by atoms with E-state index in [1.165, 1.54) is 12.8 Å². The van der Waals surface area contributed by atoms with E-state index in [2.05, 4.69) is 20.4 Å². The van der Waals surface area contributed by atoms with Crippen molar-refractivity contribution in [3.8, 4) is 11.1 Å². The number of pyridine rings is 1. The predicted octanol–water partition coefficient (Wildman–Crippen LogP) is 2.82. The molecule has 0 unspecified atom stereocenters. The molecule has 25 heavy (non-hydrogen) atoms. The number of ether oxygens (including phenoxy) is 1. The average molecular weight is 337 g/mol. The molecule has 0 aliphatic heterocycles. The molecule has 0 bridgehead atoms. The molecule has 0 aromatic carbocycles. The van der Waals surface area contributed by atoms with Gasteiger partial charge in [0.05, 0.1) is 11.6 Å². The second-order valence-electron chi connectivity index (χ2n) is 6.18. The monoisotopic (exact) mass is 337 g/mol. The smallest absolute Gasteiger partial charge is 0.212 e. The van der Waals surface area contributed by atoms with Gasteiger partial charge in [-0.05, 0) is 30.5 Å². The Morgan fingerprint density at radius 2 is 2.00 bits per heavy atom. The SMILES string of the molecule is O=CNc1cc2cc(-c3cnc(COC4CCCC4)nc3)ccn2n1. The highest BCUT2D eigenvalue weighted by Crippen LogP contribution is 2.23. The third-order valence-electron chi connectivity index (χ3n) is 4.46. The van der Waals surface area contributed by atoms with E-state index in [1.54, 1.807) is 4.52 Å². The number of nitrogens with zero attached hydrogens (tertiary/aromatic N) is 4. The van der Waals surface area contributed by atoms with E-state index in [1.807, 2.05) is 36.8 Å². The standard InChI is InChI=1S/C18H19N5O2/c24-12-21-17-8-15-7-13(5-6-23(15)22-17)14-9-19-18(20-10-14)11-25-16-3-1-2-4-16/h5-10,12,16H,1-4,11H2,(H,21,22,24). The molecule has 1 fully saturated rings.